The lowest BCUT2D eigenvalue weighted by Gasteiger charge is -2.43. The van der Waals surface area contributed by atoms with Crippen molar-refractivity contribution in [2.45, 2.75) is 32.1 Å². The quantitative estimate of drug-likeness (QED) is 0.791. The summed E-state index contributed by atoms with van der Waals surface area (Å²) in [6.07, 6.45) is 6.90. The number of likely N-dealkylation sites (N-methyl/N-ethyl adjacent to an activating group) is 1. The summed E-state index contributed by atoms with van der Waals surface area (Å²) in [6.45, 7) is 9.43. The van der Waals surface area contributed by atoms with Crippen molar-refractivity contribution in [1.82, 2.24) is 14.7 Å². The third-order valence-electron chi connectivity index (χ3n) is 5.23. The lowest BCUT2D eigenvalue weighted by molar-refractivity contribution is 0.0649. The van der Waals surface area contributed by atoms with Crippen LogP contribution in [0, 0.1) is 5.41 Å². The van der Waals surface area contributed by atoms with Crippen molar-refractivity contribution in [1.29, 1.82) is 0 Å². The molecule has 0 amide bonds. The third kappa shape index (κ3) is 4.69. The number of hydrogen-bond acceptors (Lipinski definition) is 4. The normalized spacial score (nSPS) is 25.2. The van der Waals surface area contributed by atoms with Crippen LogP contribution in [0.25, 0.3) is 0 Å². The zero-order chi connectivity index (χ0) is 14.4. The Bertz CT molecular complexity index is 266. The number of nitrogens with zero attached hydrogens (tertiary/aromatic N) is 3. The first-order valence-corrected chi connectivity index (χ1v) is 8.43. The lowest BCUT2D eigenvalue weighted by Crippen LogP contribution is -2.52. The highest BCUT2D eigenvalue weighted by atomic mass is 15.3. The molecule has 0 aromatic carbocycles. The smallest absolute Gasteiger partial charge is 0.0110 e. The van der Waals surface area contributed by atoms with Gasteiger partial charge in [0.2, 0.25) is 0 Å². The molecule has 1 aliphatic carbocycles. The summed E-state index contributed by atoms with van der Waals surface area (Å²) in [6, 6.07) is 0. The molecule has 20 heavy (non-hydrogen) atoms. The monoisotopic (exact) mass is 282 g/mol. The summed E-state index contributed by atoms with van der Waals surface area (Å²) < 4.78 is 0. The first-order chi connectivity index (χ1) is 9.63. The SMILES string of the molecule is CN(C)CCN1CCN(CC2(CN)CCCCC2)CC1. The molecule has 0 atom stereocenters. The van der Waals surface area contributed by atoms with Crippen LogP contribution >= 0.6 is 0 Å². The molecular formula is C16H34N4. The molecule has 0 unspecified atom stereocenters. The van der Waals surface area contributed by atoms with E-state index in [1.807, 2.05) is 0 Å². The fraction of sp³-hybridized carbons (Fsp3) is 1.00. The maximum atomic E-state index is 6.12. The highest BCUT2D eigenvalue weighted by Gasteiger charge is 2.33. The molecule has 0 aromatic heterocycles. The van der Waals surface area contributed by atoms with E-state index < -0.39 is 0 Å². The first-order valence-electron chi connectivity index (χ1n) is 8.43. The molecule has 4 nitrogen and oxygen atoms in total. The van der Waals surface area contributed by atoms with Crippen molar-refractivity contribution >= 4 is 0 Å². The molecule has 0 radical (unpaired) electrons. The van der Waals surface area contributed by atoms with E-state index in [1.165, 1.54) is 77.9 Å². The maximum absolute atomic E-state index is 6.12. The van der Waals surface area contributed by atoms with Gasteiger partial charge in [-0.3, -0.25) is 4.90 Å². The largest absolute Gasteiger partial charge is 0.330 e. The van der Waals surface area contributed by atoms with Gasteiger partial charge in [-0.25, -0.2) is 0 Å². The van der Waals surface area contributed by atoms with Crippen molar-refractivity contribution in [2.24, 2.45) is 11.1 Å². The van der Waals surface area contributed by atoms with Gasteiger partial charge in [0.25, 0.3) is 0 Å². The van der Waals surface area contributed by atoms with Gasteiger partial charge in [-0.2, -0.15) is 0 Å². The van der Waals surface area contributed by atoms with E-state index in [9.17, 15) is 0 Å². The Morgan fingerprint density at radius 1 is 0.950 bits per heavy atom. The molecule has 2 fully saturated rings. The van der Waals surface area contributed by atoms with Crippen LogP contribution in [-0.4, -0.2) is 81.2 Å². The van der Waals surface area contributed by atoms with Gasteiger partial charge in [0.05, 0.1) is 0 Å². The molecule has 2 aliphatic rings. The van der Waals surface area contributed by atoms with Crippen molar-refractivity contribution in [3.8, 4) is 0 Å². The van der Waals surface area contributed by atoms with E-state index in [-0.39, 0.29) is 0 Å². The Hall–Kier alpha value is -0.160. The highest BCUT2D eigenvalue weighted by molar-refractivity contribution is 4.88. The molecule has 1 saturated carbocycles. The zero-order valence-corrected chi connectivity index (χ0v) is 13.6. The minimum atomic E-state index is 0.435. The highest BCUT2D eigenvalue weighted by Crippen LogP contribution is 2.36. The second-order valence-electron chi connectivity index (χ2n) is 7.19. The van der Waals surface area contributed by atoms with E-state index in [2.05, 4.69) is 28.8 Å². The maximum Gasteiger partial charge on any atom is 0.0110 e. The van der Waals surface area contributed by atoms with E-state index in [1.54, 1.807) is 0 Å². The molecule has 0 spiro atoms. The third-order valence-corrected chi connectivity index (χ3v) is 5.23. The molecule has 1 aliphatic heterocycles. The minimum absolute atomic E-state index is 0.435. The summed E-state index contributed by atoms with van der Waals surface area (Å²) in [7, 11) is 4.31. The summed E-state index contributed by atoms with van der Waals surface area (Å²) in [5.74, 6) is 0. The van der Waals surface area contributed by atoms with Crippen molar-refractivity contribution in [2.75, 3.05) is 66.5 Å². The number of hydrogen-bond donors (Lipinski definition) is 1. The summed E-state index contributed by atoms with van der Waals surface area (Å²) in [5, 5.41) is 0. The molecular weight excluding hydrogens is 248 g/mol. The van der Waals surface area contributed by atoms with E-state index in [0.29, 0.717) is 5.41 Å². The van der Waals surface area contributed by atoms with Gasteiger partial charge in [0.1, 0.15) is 0 Å². The standard InChI is InChI=1S/C16H34N4/c1-18(2)8-9-19-10-12-20(13-11-19)15-16(14-17)6-4-3-5-7-16/h3-15,17H2,1-2H3. The first kappa shape index (κ1) is 16.2. The molecule has 118 valence electrons. The topological polar surface area (TPSA) is 35.7 Å². The minimum Gasteiger partial charge on any atom is -0.330 e. The zero-order valence-electron chi connectivity index (χ0n) is 13.6. The van der Waals surface area contributed by atoms with Gasteiger partial charge < -0.3 is 15.5 Å². The lowest BCUT2D eigenvalue weighted by atomic mass is 9.73. The summed E-state index contributed by atoms with van der Waals surface area (Å²) >= 11 is 0. The van der Waals surface area contributed by atoms with Gasteiger partial charge in [0, 0.05) is 45.8 Å². The molecule has 0 bridgehead atoms. The Kier molecular flexibility index (Phi) is 6.27. The predicted octanol–water partition coefficient (Wildman–Crippen LogP) is 1.07. The van der Waals surface area contributed by atoms with Crippen LogP contribution in [0.1, 0.15) is 32.1 Å². The van der Waals surface area contributed by atoms with Gasteiger partial charge in [-0.05, 0) is 38.9 Å². The van der Waals surface area contributed by atoms with Crippen LogP contribution < -0.4 is 5.73 Å². The fourth-order valence-electron chi connectivity index (χ4n) is 3.72. The average Bonchev–Trinajstić information content (AvgIpc) is 2.47. The van der Waals surface area contributed by atoms with Gasteiger partial charge >= 0.3 is 0 Å². The Morgan fingerprint density at radius 2 is 1.55 bits per heavy atom. The summed E-state index contributed by atoms with van der Waals surface area (Å²) in [5.41, 5.74) is 6.56. The molecule has 1 heterocycles. The Labute approximate surface area is 125 Å². The van der Waals surface area contributed by atoms with Gasteiger partial charge in [0.15, 0.2) is 0 Å². The van der Waals surface area contributed by atoms with Crippen molar-refractivity contribution in [3.63, 3.8) is 0 Å². The van der Waals surface area contributed by atoms with Crippen LogP contribution in [0.15, 0.2) is 0 Å². The summed E-state index contributed by atoms with van der Waals surface area (Å²) in [4.78, 5) is 7.55. The molecule has 4 heteroatoms. The van der Waals surface area contributed by atoms with Crippen LogP contribution in [0.4, 0.5) is 0 Å². The number of rotatable bonds is 6. The van der Waals surface area contributed by atoms with Crippen LogP contribution in [-0.2, 0) is 0 Å². The Morgan fingerprint density at radius 3 is 2.10 bits per heavy atom. The van der Waals surface area contributed by atoms with Crippen LogP contribution in [0.3, 0.4) is 0 Å². The molecule has 2 N–H and O–H groups in total. The molecule has 1 saturated heterocycles. The van der Waals surface area contributed by atoms with E-state index in [0.717, 1.165) is 6.54 Å². The van der Waals surface area contributed by atoms with Crippen molar-refractivity contribution in [3.05, 3.63) is 0 Å². The number of nitrogens with two attached hydrogens (primary N) is 1. The van der Waals surface area contributed by atoms with Crippen LogP contribution in [0.5, 0.6) is 0 Å². The van der Waals surface area contributed by atoms with Crippen LogP contribution in [0.2, 0.25) is 0 Å². The predicted molar refractivity (Wildman–Crippen MR) is 86.0 cm³/mol. The number of piperazine rings is 1. The second-order valence-corrected chi connectivity index (χ2v) is 7.19. The van der Waals surface area contributed by atoms with E-state index in [4.69, 9.17) is 5.73 Å². The molecule has 0 aromatic rings. The van der Waals surface area contributed by atoms with Gasteiger partial charge in [-0.15, -0.1) is 0 Å². The Balaban J connectivity index is 1.73. The second kappa shape index (κ2) is 7.74. The van der Waals surface area contributed by atoms with Gasteiger partial charge in [-0.1, -0.05) is 19.3 Å². The fourth-order valence-corrected chi connectivity index (χ4v) is 3.72. The van der Waals surface area contributed by atoms with E-state index >= 15 is 0 Å². The van der Waals surface area contributed by atoms with Crippen molar-refractivity contribution < 1.29 is 0 Å². The molecule has 2 rings (SSSR count). The average molecular weight is 282 g/mol.